The maximum absolute atomic E-state index is 13.5. The van der Waals surface area contributed by atoms with Crippen LogP contribution in [0.1, 0.15) is 50.0 Å². The molecule has 0 radical (unpaired) electrons. The first kappa shape index (κ1) is 21.3. The molecule has 3 aromatic rings. The molecule has 1 saturated heterocycles. The Morgan fingerprint density at radius 3 is 2.66 bits per heavy atom. The van der Waals surface area contributed by atoms with E-state index in [9.17, 15) is 14.7 Å². The van der Waals surface area contributed by atoms with Crippen molar-refractivity contribution in [3.63, 3.8) is 0 Å². The van der Waals surface area contributed by atoms with Gasteiger partial charge in [-0.3, -0.25) is 14.2 Å². The number of piperidine rings is 1. The molecule has 2 atom stereocenters. The maximum Gasteiger partial charge on any atom is 0.262 e. The van der Waals surface area contributed by atoms with Crippen molar-refractivity contribution in [2.24, 2.45) is 5.92 Å². The second kappa shape index (κ2) is 8.79. The molecule has 1 aliphatic heterocycles. The van der Waals surface area contributed by atoms with Crippen molar-refractivity contribution in [2.45, 2.75) is 56.6 Å². The third-order valence-electron chi connectivity index (χ3n) is 7.23. The van der Waals surface area contributed by atoms with E-state index < -0.39 is 5.60 Å². The summed E-state index contributed by atoms with van der Waals surface area (Å²) in [7, 11) is 0. The number of hydrogen-bond donors (Lipinski definition) is 1. The van der Waals surface area contributed by atoms with E-state index in [0.29, 0.717) is 31.3 Å². The van der Waals surface area contributed by atoms with Crippen molar-refractivity contribution in [1.82, 2.24) is 14.5 Å². The van der Waals surface area contributed by atoms with Gasteiger partial charge in [0.15, 0.2) is 0 Å². The predicted octanol–water partition coefficient (Wildman–Crippen LogP) is 3.79. The van der Waals surface area contributed by atoms with Crippen molar-refractivity contribution in [3.8, 4) is 0 Å². The molecular weight excluding hydrogens is 422 g/mol. The lowest BCUT2D eigenvalue weighted by atomic mass is 9.74. The fourth-order valence-electron chi connectivity index (χ4n) is 5.38. The van der Waals surface area contributed by atoms with E-state index in [1.54, 1.807) is 6.07 Å². The first-order valence-electron chi connectivity index (χ1n) is 11.5. The van der Waals surface area contributed by atoms with E-state index >= 15 is 0 Å². The highest BCUT2D eigenvalue weighted by molar-refractivity contribution is 7.16. The SMILES string of the molecule is O=C([C@@H]1CCCC[C@H]1c1ccccc1)N1CCC(O)(Cn2cnc3sccc3c2=O)CC1. The topological polar surface area (TPSA) is 75.4 Å². The first-order chi connectivity index (χ1) is 15.5. The standard InChI is InChI=1S/C25H29N3O3S/c29-23(20-9-5-4-8-19(20)18-6-2-1-3-7-18)27-13-11-25(31,12-14-27)16-28-17-26-22-21(24(28)30)10-15-32-22/h1-3,6-7,10,15,17,19-20,31H,4-5,8-9,11-14,16H2/t19-,20+/m0/s1. The van der Waals surface area contributed by atoms with Crippen LogP contribution in [0.25, 0.3) is 10.2 Å². The number of fused-ring (bicyclic) bond motifs is 1. The fourth-order valence-corrected chi connectivity index (χ4v) is 6.11. The van der Waals surface area contributed by atoms with Gasteiger partial charge in [-0.2, -0.15) is 0 Å². The molecule has 1 aromatic carbocycles. The Morgan fingerprint density at radius 1 is 1.12 bits per heavy atom. The highest BCUT2D eigenvalue weighted by Crippen LogP contribution is 2.39. The number of nitrogens with zero attached hydrogens (tertiary/aromatic N) is 3. The van der Waals surface area contributed by atoms with Crippen LogP contribution in [-0.2, 0) is 11.3 Å². The number of thiophene rings is 1. The zero-order valence-electron chi connectivity index (χ0n) is 18.2. The van der Waals surface area contributed by atoms with Gasteiger partial charge in [0.2, 0.25) is 5.91 Å². The quantitative estimate of drug-likeness (QED) is 0.655. The average Bonchev–Trinajstić information content (AvgIpc) is 3.31. The van der Waals surface area contributed by atoms with Crippen LogP contribution in [0, 0.1) is 5.92 Å². The van der Waals surface area contributed by atoms with Crippen molar-refractivity contribution in [1.29, 1.82) is 0 Å². The summed E-state index contributed by atoms with van der Waals surface area (Å²) in [6.07, 6.45) is 6.72. The summed E-state index contributed by atoms with van der Waals surface area (Å²) >= 11 is 1.44. The molecule has 1 saturated carbocycles. The lowest BCUT2D eigenvalue weighted by molar-refractivity contribution is -0.142. The molecule has 0 bridgehead atoms. The maximum atomic E-state index is 13.5. The number of carbonyl (C=O) groups is 1. The molecule has 168 valence electrons. The molecule has 0 unspecified atom stereocenters. The van der Waals surface area contributed by atoms with Crippen LogP contribution >= 0.6 is 11.3 Å². The van der Waals surface area contributed by atoms with Crippen LogP contribution in [0.4, 0.5) is 0 Å². The number of amides is 1. The highest BCUT2D eigenvalue weighted by Gasteiger charge is 2.39. The normalized spacial score (nSPS) is 23.3. The molecule has 1 N–H and O–H groups in total. The smallest absolute Gasteiger partial charge is 0.262 e. The van der Waals surface area contributed by atoms with Gasteiger partial charge >= 0.3 is 0 Å². The molecule has 6 nitrogen and oxygen atoms in total. The summed E-state index contributed by atoms with van der Waals surface area (Å²) < 4.78 is 1.51. The van der Waals surface area contributed by atoms with E-state index in [2.05, 4.69) is 29.2 Å². The number of likely N-dealkylation sites (tertiary alicyclic amines) is 1. The van der Waals surface area contributed by atoms with Gasteiger partial charge in [0.05, 0.1) is 23.9 Å². The van der Waals surface area contributed by atoms with E-state index in [1.807, 2.05) is 16.3 Å². The van der Waals surface area contributed by atoms with Gasteiger partial charge in [0, 0.05) is 19.0 Å². The second-order valence-corrected chi connectivity index (χ2v) is 10.2. The van der Waals surface area contributed by atoms with E-state index in [4.69, 9.17) is 0 Å². The summed E-state index contributed by atoms with van der Waals surface area (Å²) in [6, 6.07) is 12.2. The van der Waals surface area contributed by atoms with Crippen molar-refractivity contribution in [3.05, 3.63) is 64.0 Å². The van der Waals surface area contributed by atoms with Crippen LogP contribution in [0.5, 0.6) is 0 Å². The largest absolute Gasteiger partial charge is 0.388 e. The van der Waals surface area contributed by atoms with Crippen molar-refractivity contribution >= 4 is 27.5 Å². The lowest BCUT2D eigenvalue weighted by Crippen LogP contribution is -2.51. The monoisotopic (exact) mass is 451 g/mol. The molecule has 1 aliphatic carbocycles. The van der Waals surface area contributed by atoms with Crippen LogP contribution in [0.3, 0.4) is 0 Å². The highest BCUT2D eigenvalue weighted by atomic mass is 32.1. The van der Waals surface area contributed by atoms with Crippen molar-refractivity contribution < 1.29 is 9.90 Å². The Balaban J connectivity index is 1.26. The molecule has 32 heavy (non-hydrogen) atoms. The second-order valence-electron chi connectivity index (χ2n) is 9.27. The minimum Gasteiger partial charge on any atom is -0.388 e. The molecule has 2 aromatic heterocycles. The molecule has 7 heteroatoms. The molecule has 2 fully saturated rings. The number of benzene rings is 1. The molecule has 2 aliphatic rings. The van der Waals surface area contributed by atoms with E-state index in [1.165, 1.54) is 34.2 Å². The minimum atomic E-state index is -1.00. The Labute approximate surface area is 191 Å². The number of rotatable bonds is 4. The summed E-state index contributed by atoms with van der Waals surface area (Å²) in [5.41, 5.74) is 0.142. The van der Waals surface area contributed by atoms with Crippen LogP contribution in [0.15, 0.2) is 52.9 Å². The number of aliphatic hydroxyl groups is 1. The third-order valence-corrected chi connectivity index (χ3v) is 8.05. The van der Waals surface area contributed by atoms with Gasteiger partial charge in [-0.25, -0.2) is 4.98 Å². The number of hydrogen-bond acceptors (Lipinski definition) is 5. The van der Waals surface area contributed by atoms with Gasteiger partial charge in [-0.15, -0.1) is 11.3 Å². The van der Waals surface area contributed by atoms with Gasteiger partial charge in [0.25, 0.3) is 5.56 Å². The Hall–Kier alpha value is -2.51. The van der Waals surface area contributed by atoms with Crippen molar-refractivity contribution in [2.75, 3.05) is 13.1 Å². The summed E-state index contributed by atoms with van der Waals surface area (Å²) in [5.74, 6) is 0.518. The number of aromatic nitrogens is 2. The summed E-state index contributed by atoms with van der Waals surface area (Å²) in [5, 5.41) is 13.6. The predicted molar refractivity (Wildman–Crippen MR) is 126 cm³/mol. The molecule has 3 heterocycles. The summed E-state index contributed by atoms with van der Waals surface area (Å²) in [4.78, 5) is 33.2. The van der Waals surface area contributed by atoms with E-state index in [-0.39, 0.29) is 29.8 Å². The van der Waals surface area contributed by atoms with E-state index in [0.717, 1.165) is 24.1 Å². The Bertz CT molecular complexity index is 1150. The summed E-state index contributed by atoms with van der Waals surface area (Å²) in [6.45, 7) is 1.26. The van der Waals surface area contributed by atoms with Crippen LogP contribution in [-0.4, -0.2) is 44.2 Å². The zero-order chi connectivity index (χ0) is 22.1. The Kier molecular flexibility index (Phi) is 5.86. The number of carbonyl (C=O) groups excluding carboxylic acids is 1. The van der Waals surface area contributed by atoms with Crippen LogP contribution < -0.4 is 5.56 Å². The van der Waals surface area contributed by atoms with Gasteiger partial charge in [-0.05, 0) is 48.6 Å². The lowest BCUT2D eigenvalue weighted by Gasteiger charge is -2.41. The molecule has 5 rings (SSSR count). The Morgan fingerprint density at radius 2 is 1.88 bits per heavy atom. The van der Waals surface area contributed by atoms with Gasteiger partial charge in [0.1, 0.15) is 4.83 Å². The average molecular weight is 452 g/mol. The van der Waals surface area contributed by atoms with Gasteiger partial charge < -0.3 is 10.0 Å². The molecule has 0 spiro atoms. The third kappa shape index (κ3) is 4.11. The zero-order valence-corrected chi connectivity index (χ0v) is 19.0. The molecular formula is C25H29N3O3S. The van der Waals surface area contributed by atoms with Crippen LogP contribution in [0.2, 0.25) is 0 Å². The van der Waals surface area contributed by atoms with Gasteiger partial charge in [-0.1, -0.05) is 43.2 Å². The molecule has 1 amide bonds. The fraction of sp³-hybridized carbons (Fsp3) is 0.480. The minimum absolute atomic E-state index is 0.0187. The first-order valence-corrected chi connectivity index (χ1v) is 12.4.